The molecule has 0 aliphatic heterocycles. The highest BCUT2D eigenvalue weighted by molar-refractivity contribution is 5.88. The lowest BCUT2D eigenvalue weighted by atomic mass is 9.38. The lowest BCUT2D eigenvalue weighted by Crippen LogP contribution is -2.63. The molecule has 0 aromatic rings. The monoisotopic (exact) mass is 414 g/mol. The van der Waals surface area contributed by atoms with Crippen LogP contribution in [0.5, 0.6) is 0 Å². The average Bonchev–Trinajstić information content (AvgIpc) is 2.94. The predicted octanol–water partition coefficient (Wildman–Crippen LogP) is 5.75. The standard InChI is InChI=1S/C27H42O3/c1-17(8-7-15-28)18-13-14-25(4)21-11-9-19-20(10-12-22(29)24(19,2)3)27(21,6)23(30)16-26(18,25)5/h9,15,17-18,20-22,29H,7-8,10-14,16H2,1-6H3. The smallest absolute Gasteiger partial charge is 0.140 e. The van der Waals surface area contributed by atoms with Crippen LogP contribution in [0.2, 0.25) is 0 Å². The SMILES string of the molecule is CC(CCC=O)C1CCC2(C)C3CC=C4C(CCC(O)C4(C)C)C3(C)C(=O)CC12C. The molecule has 0 bridgehead atoms. The fourth-order valence-corrected chi connectivity index (χ4v) is 8.91. The maximum Gasteiger partial charge on any atom is 0.140 e. The van der Waals surface area contributed by atoms with Crippen LogP contribution < -0.4 is 0 Å². The van der Waals surface area contributed by atoms with Crippen LogP contribution in [-0.4, -0.2) is 23.3 Å². The van der Waals surface area contributed by atoms with Crippen LogP contribution in [0.1, 0.15) is 92.9 Å². The Morgan fingerprint density at radius 2 is 1.83 bits per heavy atom. The highest BCUT2D eigenvalue weighted by atomic mass is 16.3. The Labute approximate surface area is 183 Å². The van der Waals surface area contributed by atoms with Gasteiger partial charge < -0.3 is 9.90 Å². The molecule has 1 N–H and O–H groups in total. The van der Waals surface area contributed by atoms with Crippen molar-refractivity contribution in [2.45, 2.75) is 99.0 Å². The zero-order valence-electron chi connectivity index (χ0n) is 20.0. The molecule has 168 valence electrons. The Bertz CT molecular complexity index is 766. The number of hydrogen-bond acceptors (Lipinski definition) is 3. The van der Waals surface area contributed by atoms with Crippen LogP contribution in [0.3, 0.4) is 0 Å². The summed E-state index contributed by atoms with van der Waals surface area (Å²) in [7, 11) is 0. The van der Waals surface area contributed by atoms with Crippen LogP contribution in [0.25, 0.3) is 0 Å². The molecule has 3 fully saturated rings. The van der Waals surface area contributed by atoms with Crippen LogP contribution in [-0.2, 0) is 9.59 Å². The van der Waals surface area contributed by atoms with Crippen LogP contribution in [0.15, 0.2) is 11.6 Å². The number of carbonyl (C=O) groups excluding carboxylic acids is 2. The molecule has 0 saturated heterocycles. The maximum absolute atomic E-state index is 14.0. The summed E-state index contributed by atoms with van der Waals surface area (Å²) in [6, 6.07) is 0. The molecular formula is C27H42O3. The molecule has 8 atom stereocenters. The molecule has 3 nitrogen and oxygen atoms in total. The molecule has 0 aromatic heterocycles. The van der Waals surface area contributed by atoms with Crippen LogP contribution in [0, 0.1) is 45.3 Å². The van der Waals surface area contributed by atoms with E-state index in [1.807, 2.05) is 0 Å². The first-order valence-electron chi connectivity index (χ1n) is 12.3. The number of aldehydes is 1. The molecule has 4 aliphatic rings. The minimum Gasteiger partial charge on any atom is -0.392 e. The Morgan fingerprint density at radius 1 is 1.13 bits per heavy atom. The van der Waals surface area contributed by atoms with Crippen molar-refractivity contribution in [2.24, 2.45) is 45.3 Å². The fraction of sp³-hybridized carbons (Fsp3) is 0.852. The second kappa shape index (κ2) is 7.02. The van der Waals surface area contributed by atoms with Crippen molar-refractivity contribution >= 4 is 12.1 Å². The Kier molecular flexibility index (Phi) is 5.20. The average molecular weight is 415 g/mol. The molecule has 0 amide bonds. The van der Waals surface area contributed by atoms with Gasteiger partial charge in [-0.1, -0.05) is 53.2 Å². The van der Waals surface area contributed by atoms with Gasteiger partial charge in [0.2, 0.25) is 0 Å². The molecule has 0 radical (unpaired) electrons. The van der Waals surface area contributed by atoms with E-state index in [2.05, 4.69) is 47.6 Å². The van der Waals surface area contributed by atoms with Crippen molar-refractivity contribution in [2.75, 3.05) is 0 Å². The van der Waals surface area contributed by atoms with Crippen molar-refractivity contribution in [1.29, 1.82) is 0 Å². The number of rotatable bonds is 4. The van der Waals surface area contributed by atoms with Crippen molar-refractivity contribution in [3.8, 4) is 0 Å². The number of aliphatic hydroxyl groups excluding tert-OH is 1. The topological polar surface area (TPSA) is 54.4 Å². The first-order valence-corrected chi connectivity index (χ1v) is 12.3. The van der Waals surface area contributed by atoms with Crippen molar-refractivity contribution in [3.05, 3.63) is 11.6 Å². The van der Waals surface area contributed by atoms with E-state index in [4.69, 9.17) is 0 Å². The number of Topliss-reactive ketones (excluding diaryl/α,β-unsaturated/α-hetero) is 1. The van der Waals surface area contributed by atoms with E-state index >= 15 is 0 Å². The van der Waals surface area contributed by atoms with E-state index in [0.29, 0.717) is 36.4 Å². The third kappa shape index (κ3) is 2.66. The number of hydrogen-bond donors (Lipinski definition) is 1. The summed E-state index contributed by atoms with van der Waals surface area (Å²) in [5.74, 6) is 2.11. The van der Waals surface area contributed by atoms with Crippen molar-refractivity contribution < 1.29 is 14.7 Å². The molecule has 4 aliphatic carbocycles. The molecule has 8 unspecified atom stereocenters. The normalized spacial score (nSPS) is 48.2. The second-order valence-electron chi connectivity index (χ2n) is 12.4. The van der Waals surface area contributed by atoms with Gasteiger partial charge in [-0.15, -0.1) is 0 Å². The zero-order chi connectivity index (χ0) is 22.1. The molecule has 0 heterocycles. The van der Waals surface area contributed by atoms with Crippen LogP contribution in [0.4, 0.5) is 0 Å². The predicted molar refractivity (Wildman–Crippen MR) is 120 cm³/mol. The molecular weight excluding hydrogens is 372 g/mol. The zero-order valence-corrected chi connectivity index (χ0v) is 20.0. The van der Waals surface area contributed by atoms with E-state index in [-0.39, 0.29) is 33.7 Å². The van der Waals surface area contributed by atoms with Gasteiger partial charge in [0.15, 0.2) is 0 Å². The summed E-state index contributed by atoms with van der Waals surface area (Å²) < 4.78 is 0. The van der Waals surface area contributed by atoms with Gasteiger partial charge in [0.25, 0.3) is 0 Å². The van der Waals surface area contributed by atoms with Crippen LogP contribution >= 0.6 is 0 Å². The minimum atomic E-state index is -0.311. The summed E-state index contributed by atoms with van der Waals surface area (Å²) in [6.07, 6.45) is 10.5. The Balaban J connectivity index is 1.74. The molecule has 4 rings (SSSR count). The highest BCUT2D eigenvalue weighted by Crippen LogP contribution is 2.73. The fourth-order valence-electron chi connectivity index (χ4n) is 8.91. The van der Waals surface area contributed by atoms with Gasteiger partial charge in [-0.2, -0.15) is 0 Å². The lowest BCUT2D eigenvalue weighted by Gasteiger charge is -2.64. The van der Waals surface area contributed by atoms with E-state index in [0.717, 1.165) is 32.0 Å². The number of ketones is 1. The third-order valence-electron chi connectivity index (χ3n) is 11.1. The Morgan fingerprint density at radius 3 is 2.50 bits per heavy atom. The van der Waals surface area contributed by atoms with Gasteiger partial charge >= 0.3 is 0 Å². The van der Waals surface area contributed by atoms with E-state index in [1.54, 1.807) is 0 Å². The summed E-state index contributed by atoms with van der Waals surface area (Å²) in [5.41, 5.74) is 0.968. The largest absolute Gasteiger partial charge is 0.392 e. The number of carbonyl (C=O) groups is 2. The molecule has 30 heavy (non-hydrogen) atoms. The molecule has 0 aromatic carbocycles. The summed E-state index contributed by atoms with van der Waals surface area (Å²) in [4.78, 5) is 25.0. The summed E-state index contributed by atoms with van der Waals surface area (Å²) in [5, 5.41) is 10.7. The van der Waals surface area contributed by atoms with Gasteiger partial charge in [-0.3, -0.25) is 4.79 Å². The molecule has 3 heteroatoms. The second-order valence-corrected chi connectivity index (χ2v) is 12.4. The van der Waals surface area contributed by atoms with E-state index < -0.39 is 0 Å². The first kappa shape index (κ1) is 22.2. The minimum absolute atomic E-state index is 0.0194. The first-order chi connectivity index (χ1) is 13.9. The van der Waals surface area contributed by atoms with Gasteiger partial charge in [0, 0.05) is 23.7 Å². The number of fused-ring (bicyclic) bond motifs is 5. The maximum atomic E-state index is 14.0. The van der Waals surface area contributed by atoms with E-state index in [9.17, 15) is 14.7 Å². The number of allylic oxidation sites excluding steroid dienone is 1. The summed E-state index contributed by atoms with van der Waals surface area (Å²) >= 11 is 0. The van der Waals surface area contributed by atoms with Gasteiger partial charge in [0.1, 0.15) is 12.1 Å². The number of aliphatic hydroxyl groups is 1. The molecule has 0 spiro atoms. The van der Waals surface area contributed by atoms with Gasteiger partial charge in [0.05, 0.1) is 6.10 Å². The van der Waals surface area contributed by atoms with E-state index in [1.165, 1.54) is 18.4 Å². The summed E-state index contributed by atoms with van der Waals surface area (Å²) in [6.45, 7) is 13.8. The third-order valence-corrected chi connectivity index (χ3v) is 11.1. The highest BCUT2D eigenvalue weighted by Gasteiger charge is 2.70. The van der Waals surface area contributed by atoms with Gasteiger partial charge in [-0.05, 0) is 73.0 Å². The van der Waals surface area contributed by atoms with Gasteiger partial charge in [-0.25, -0.2) is 0 Å². The lowest BCUT2D eigenvalue weighted by molar-refractivity contribution is -0.171. The molecule has 3 saturated carbocycles. The Hall–Kier alpha value is -0.960. The van der Waals surface area contributed by atoms with Crippen molar-refractivity contribution in [1.82, 2.24) is 0 Å². The quantitative estimate of drug-likeness (QED) is 0.471. The van der Waals surface area contributed by atoms with Crippen molar-refractivity contribution in [3.63, 3.8) is 0 Å².